The topological polar surface area (TPSA) is 63.7 Å². The minimum atomic E-state index is -3.65. The molecule has 1 aliphatic heterocycles. The van der Waals surface area contributed by atoms with Gasteiger partial charge in [0.15, 0.2) is 0 Å². The molecule has 0 saturated carbocycles. The first-order chi connectivity index (χ1) is 5.49. The first-order valence-electron chi connectivity index (χ1n) is 3.67. The highest BCUT2D eigenvalue weighted by atomic mass is 32.2. The fraction of sp³-hybridized carbons (Fsp3) is 0.833. The van der Waals surface area contributed by atoms with E-state index in [-0.39, 0.29) is 0 Å². The van der Waals surface area contributed by atoms with E-state index in [2.05, 4.69) is 4.18 Å². The molecule has 12 heavy (non-hydrogen) atoms. The predicted molar refractivity (Wildman–Crippen MR) is 42.1 cm³/mol. The second-order valence-electron chi connectivity index (χ2n) is 2.75. The van der Waals surface area contributed by atoms with Crippen LogP contribution in [0.5, 0.6) is 0 Å². The molecule has 0 unspecified atom stereocenters. The van der Waals surface area contributed by atoms with Crippen molar-refractivity contribution in [3.63, 3.8) is 0 Å². The van der Waals surface area contributed by atoms with E-state index in [0.29, 0.717) is 13.1 Å². The van der Waals surface area contributed by atoms with E-state index >= 15 is 0 Å². The maximum atomic E-state index is 11.0. The van der Waals surface area contributed by atoms with Gasteiger partial charge in [-0.25, -0.2) is 4.79 Å². The molecule has 1 rings (SSSR count). The molecule has 1 heterocycles. The van der Waals surface area contributed by atoms with Gasteiger partial charge in [-0.1, -0.05) is 0 Å². The number of hydrogen-bond acceptors (Lipinski definition) is 4. The third-order valence-corrected chi connectivity index (χ3v) is 2.03. The Hall–Kier alpha value is -0.780. The lowest BCUT2D eigenvalue weighted by molar-refractivity contribution is 0.165. The van der Waals surface area contributed by atoms with Crippen LogP contribution in [-0.2, 0) is 14.3 Å². The van der Waals surface area contributed by atoms with E-state index in [1.165, 1.54) is 4.90 Å². The molecule has 70 valence electrons. The minimum absolute atomic E-state index is 0.592. The number of hydrogen-bond donors (Lipinski definition) is 0. The van der Waals surface area contributed by atoms with Crippen molar-refractivity contribution in [3.8, 4) is 0 Å². The molecule has 0 N–H and O–H groups in total. The zero-order valence-corrected chi connectivity index (χ0v) is 7.63. The molecule has 1 aliphatic rings. The number of rotatable bonds is 1. The maximum Gasteiger partial charge on any atom is 0.425 e. The third-order valence-electron chi connectivity index (χ3n) is 1.59. The summed E-state index contributed by atoms with van der Waals surface area (Å²) in [4.78, 5) is 12.4. The van der Waals surface area contributed by atoms with Crippen molar-refractivity contribution in [2.75, 3.05) is 19.3 Å². The number of carbonyl (C=O) groups is 1. The monoisotopic (exact) mass is 193 g/mol. The molecule has 0 aliphatic carbocycles. The van der Waals surface area contributed by atoms with Crippen molar-refractivity contribution in [3.05, 3.63) is 0 Å². The molecule has 0 spiro atoms. The first kappa shape index (κ1) is 9.31. The molecule has 0 atom stereocenters. The lowest BCUT2D eigenvalue weighted by Gasteiger charge is -2.12. The summed E-state index contributed by atoms with van der Waals surface area (Å²) in [7, 11) is -3.65. The van der Waals surface area contributed by atoms with Gasteiger partial charge >= 0.3 is 16.2 Å². The van der Waals surface area contributed by atoms with Gasteiger partial charge in [0.1, 0.15) is 0 Å². The summed E-state index contributed by atoms with van der Waals surface area (Å²) in [5.41, 5.74) is 0. The van der Waals surface area contributed by atoms with E-state index in [1.807, 2.05) is 0 Å². The van der Waals surface area contributed by atoms with Gasteiger partial charge in [-0.15, -0.1) is 0 Å². The predicted octanol–water partition coefficient (Wildman–Crippen LogP) is 0.178. The standard InChI is InChI=1S/C6H11NO4S/c1-12(9,10)11-6(8)7-4-2-3-5-7/h2-5H2,1H3. The number of carbonyl (C=O) groups excluding carboxylic acids is 1. The van der Waals surface area contributed by atoms with Gasteiger partial charge in [-0.2, -0.15) is 8.42 Å². The Morgan fingerprint density at radius 1 is 1.33 bits per heavy atom. The molecular weight excluding hydrogens is 182 g/mol. The lowest BCUT2D eigenvalue weighted by atomic mass is 10.4. The molecule has 0 radical (unpaired) electrons. The summed E-state index contributed by atoms with van der Waals surface area (Å²) >= 11 is 0. The van der Waals surface area contributed by atoms with Crippen LogP contribution in [0.4, 0.5) is 4.79 Å². The molecular formula is C6H11NO4S. The molecule has 1 amide bonds. The van der Waals surface area contributed by atoms with E-state index in [0.717, 1.165) is 19.1 Å². The molecule has 1 saturated heterocycles. The summed E-state index contributed by atoms with van der Waals surface area (Å²) in [5, 5.41) is 0. The molecule has 0 aromatic heterocycles. The number of amides is 1. The van der Waals surface area contributed by atoms with Crippen LogP contribution < -0.4 is 0 Å². The van der Waals surface area contributed by atoms with E-state index in [4.69, 9.17) is 0 Å². The molecule has 0 bridgehead atoms. The van der Waals surface area contributed by atoms with E-state index < -0.39 is 16.2 Å². The van der Waals surface area contributed by atoms with Crippen molar-refractivity contribution in [1.29, 1.82) is 0 Å². The van der Waals surface area contributed by atoms with Crippen molar-refractivity contribution in [1.82, 2.24) is 4.90 Å². The quantitative estimate of drug-likeness (QED) is 0.557. The highest BCUT2D eigenvalue weighted by Gasteiger charge is 2.22. The first-order valence-corrected chi connectivity index (χ1v) is 5.49. The lowest BCUT2D eigenvalue weighted by Crippen LogP contribution is -2.29. The van der Waals surface area contributed by atoms with Crippen LogP contribution in [0.15, 0.2) is 0 Å². The Morgan fingerprint density at radius 2 is 1.83 bits per heavy atom. The summed E-state index contributed by atoms with van der Waals surface area (Å²) in [6, 6.07) is 0. The second-order valence-corrected chi connectivity index (χ2v) is 4.32. The Bertz CT molecular complexity index is 265. The highest BCUT2D eigenvalue weighted by Crippen LogP contribution is 2.09. The molecule has 6 heteroatoms. The van der Waals surface area contributed by atoms with Gasteiger partial charge in [0, 0.05) is 13.1 Å². The van der Waals surface area contributed by atoms with Crippen LogP contribution in [0.2, 0.25) is 0 Å². The van der Waals surface area contributed by atoms with E-state index in [9.17, 15) is 13.2 Å². The van der Waals surface area contributed by atoms with Crippen molar-refractivity contribution in [2.24, 2.45) is 0 Å². The van der Waals surface area contributed by atoms with Gasteiger partial charge < -0.3 is 9.08 Å². The molecule has 0 aromatic rings. The fourth-order valence-electron chi connectivity index (χ4n) is 1.08. The smallest absolute Gasteiger partial charge is 0.328 e. The molecule has 0 aromatic carbocycles. The summed E-state index contributed by atoms with van der Waals surface area (Å²) in [6.45, 7) is 1.18. The average Bonchev–Trinajstić information content (AvgIpc) is 2.32. The Balaban J connectivity index is 2.48. The Kier molecular flexibility index (Phi) is 2.56. The average molecular weight is 193 g/mol. The second kappa shape index (κ2) is 3.30. The molecule has 1 fully saturated rings. The highest BCUT2D eigenvalue weighted by molar-refractivity contribution is 7.86. The largest absolute Gasteiger partial charge is 0.425 e. The Labute approximate surface area is 71.4 Å². The van der Waals surface area contributed by atoms with Crippen LogP contribution in [0.25, 0.3) is 0 Å². The van der Waals surface area contributed by atoms with Gasteiger partial charge in [-0.3, -0.25) is 0 Å². The normalized spacial score (nSPS) is 17.9. The van der Waals surface area contributed by atoms with Gasteiger partial charge in [0.2, 0.25) is 0 Å². The van der Waals surface area contributed by atoms with Gasteiger partial charge in [0.05, 0.1) is 6.26 Å². The fourth-order valence-corrected chi connectivity index (χ4v) is 1.45. The van der Waals surface area contributed by atoms with Gasteiger partial charge in [-0.05, 0) is 12.8 Å². The number of likely N-dealkylation sites (tertiary alicyclic amines) is 1. The van der Waals surface area contributed by atoms with Gasteiger partial charge in [0.25, 0.3) is 0 Å². The van der Waals surface area contributed by atoms with Crippen LogP contribution in [-0.4, -0.2) is 38.8 Å². The zero-order chi connectivity index (χ0) is 9.19. The van der Waals surface area contributed by atoms with Crippen LogP contribution in [0, 0.1) is 0 Å². The van der Waals surface area contributed by atoms with Crippen LogP contribution in [0.3, 0.4) is 0 Å². The zero-order valence-electron chi connectivity index (χ0n) is 6.82. The Morgan fingerprint density at radius 3 is 2.25 bits per heavy atom. The SMILES string of the molecule is CS(=O)(=O)OC(=O)N1CCCC1. The summed E-state index contributed by atoms with van der Waals surface area (Å²) < 4.78 is 25.2. The maximum absolute atomic E-state index is 11.0. The molecule has 5 nitrogen and oxygen atoms in total. The van der Waals surface area contributed by atoms with Crippen molar-refractivity contribution < 1.29 is 17.4 Å². The van der Waals surface area contributed by atoms with E-state index in [1.54, 1.807) is 0 Å². The van der Waals surface area contributed by atoms with Crippen molar-refractivity contribution in [2.45, 2.75) is 12.8 Å². The van der Waals surface area contributed by atoms with Crippen LogP contribution >= 0.6 is 0 Å². The van der Waals surface area contributed by atoms with Crippen molar-refractivity contribution >= 4 is 16.2 Å². The summed E-state index contributed by atoms with van der Waals surface area (Å²) in [5.74, 6) is 0. The third kappa shape index (κ3) is 2.69. The summed E-state index contributed by atoms with van der Waals surface area (Å²) in [6.07, 6.45) is 1.94. The van der Waals surface area contributed by atoms with Crippen LogP contribution in [0.1, 0.15) is 12.8 Å². The number of nitrogens with zero attached hydrogens (tertiary/aromatic N) is 1. The minimum Gasteiger partial charge on any atom is -0.328 e.